The van der Waals surface area contributed by atoms with Gasteiger partial charge in [-0.1, -0.05) is 5.92 Å². The third-order valence-corrected chi connectivity index (χ3v) is 6.93. The molecule has 0 spiro atoms. The molecule has 194 valence electrons. The van der Waals surface area contributed by atoms with Crippen LogP contribution >= 0.6 is 0 Å². The van der Waals surface area contributed by atoms with Crippen molar-refractivity contribution in [3.8, 4) is 24.1 Å². The van der Waals surface area contributed by atoms with Crippen LogP contribution in [0.5, 0.6) is 11.8 Å². The number of hydrogen-bond acceptors (Lipinski definition) is 10. The van der Waals surface area contributed by atoms with E-state index in [9.17, 15) is 9.90 Å². The maximum Gasteiger partial charge on any atom is 0.322 e. The van der Waals surface area contributed by atoms with Gasteiger partial charge in [0.2, 0.25) is 11.8 Å². The number of piperidine rings is 1. The zero-order valence-electron chi connectivity index (χ0n) is 20.9. The molecule has 0 bridgehead atoms. The highest BCUT2D eigenvalue weighted by Gasteiger charge is 2.42. The largest absolute Gasteiger partial charge is 0.496 e. The summed E-state index contributed by atoms with van der Waals surface area (Å²) in [4.78, 5) is 32.3. The third-order valence-electron chi connectivity index (χ3n) is 6.93. The second kappa shape index (κ2) is 10.2. The Hall–Kier alpha value is -3.98. The second-order valence-corrected chi connectivity index (χ2v) is 9.62. The van der Waals surface area contributed by atoms with Gasteiger partial charge in [-0.05, 0) is 38.7 Å². The van der Waals surface area contributed by atoms with Crippen LogP contribution in [-0.2, 0) is 0 Å². The van der Waals surface area contributed by atoms with Gasteiger partial charge >= 0.3 is 6.01 Å². The molecule has 4 heterocycles. The summed E-state index contributed by atoms with van der Waals surface area (Å²) in [6.07, 6.45) is 10.7. The van der Waals surface area contributed by atoms with Crippen molar-refractivity contribution < 1.29 is 19.4 Å². The lowest BCUT2D eigenvalue weighted by Gasteiger charge is -2.31. The maximum absolute atomic E-state index is 12.8. The van der Waals surface area contributed by atoms with Gasteiger partial charge in [-0.3, -0.25) is 9.89 Å². The molecule has 0 radical (unpaired) electrons. The predicted molar refractivity (Wildman–Crippen MR) is 134 cm³/mol. The Kier molecular flexibility index (Phi) is 6.80. The van der Waals surface area contributed by atoms with Gasteiger partial charge < -0.3 is 24.8 Å². The number of ether oxygens (including phenoxy) is 2. The number of methoxy groups -OCH3 is 1. The van der Waals surface area contributed by atoms with Crippen LogP contribution in [-0.4, -0.2) is 80.6 Å². The number of nitrogens with one attached hydrogen (secondary N) is 2. The number of anilines is 1. The number of hydrogen-bond donors (Lipinski definition) is 3. The smallest absolute Gasteiger partial charge is 0.322 e. The Morgan fingerprint density at radius 3 is 2.81 bits per heavy atom. The lowest BCUT2D eigenvalue weighted by Crippen LogP contribution is -2.38. The molecular formula is C25H30N8O4. The van der Waals surface area contributed by atoms with E-state index >= 15 is 0 Å². The highest BCUT2D eigenvalue weighted by atomic mass is 16.5. The van der Waals surface area contributed by atoms with Crippen molar-refractivity contribution in [1.29, 1.82) is 0 Å². The second-order valence-electron chi connectivity index (χ2n) is 9.62. The number of carbonyl (C=O) groups is 1. The number of pyridine rings is 1. The van der Waals surface area contributed by atoms with E-state index in [0.29, 0.717) is 24.7 Å². The summed E-state index contributed by atoms with van der Waals surface area (Å²) >= 11 is 0. The molecule has 1 aliphatic heterocycles. The Morgan fingerprint density at radius 1 is 1.35 bits per heavy atom. The lowest BCUT2D eigenvalue weighted by atomic mass is 9.92. The first-order chi connectivity index (χ1) is 17.9. The van der Waals surface area contributed by atoms with Gasteiger partial charge in [-0.2, -0.15) is 20.1 Å². The molecule has 12 nitrogen and oxygen atoms in total. The van der Waals surface area contributed by atoms with Gasteiger partial charge in [0.05, 0.1) is 30.2 Å². The molecule has 1 amide bonds. The van der Waals surface area contributed by atoms with Crippen molar-refractivity contribution in [2.45, 2.75) is 44.6 Å². The van der Waals surface area contributed by atoms with Gasteiger partial charge in [-0.15, -0.1) is 6.42 Å². The molecule has 1 saturated heterocycles. The molecule has 3 N–H and O–H groups in total. The van der Waals surface area contributed by atoms with Crippen LogP contribution in [0.1, 0.15) is 54.8 Å². The van der Waals surface area contributed by atoms with Crippen molar-refractivity contribution in [3.05, 3.63) is 23.8 Å². The summed E-state index contributed by atoms with van der Waals surface area (Å²) in [6, 6.07) is 1.45. The zero-order valence-corrected chi connectivity index (χ0v) is 20.9. The summed E-state index contributed by atoms with van der Waals surface area (Å²) in [7, 11) is 1.64. The number of aromatic nitrogens is 6. The number of nitrogens with zero attached hydrogens (tertiary/aromatic N) is 6. The summed E-state index contributed by atoms with van der Waals surface area (Å²) in [5, 5.41) is 20.4. The van der Waals surface area contributed by atoms with E-state index in [4.69, 9.17) is 15.9 Å². The predicted octanol–water partition coefficient (Wildman–Crippen LogP) is 1.44. The molecule has 1 saturated carbocycles. The van der Waals surface area contributed by atoms with Crippen LogP contribution in [0.25, 0.3) is 11.0 Å². The van der Waals surface area contributed by atoms with E-state index in [0.717, 1.165) is 42.5 Å². The molecule has 0 unspecified atom stereocenters. The lowest BCUT2D eigenvalue weighted by molar-refractivity contribution is 0.0909. The minimum atomic E-state index is -0.509. The Morgan fingerprint density at radius 2 is 2.14 bits per heavy atom. The highest BCUT2D eigenvalue weighted by Crippen LogP contribution is 2.45. The Balaban J connectivity index is 1.35. The van der Waals surface area contributed by atoms with Gasteiger partial charge in [0, 0.05) is 31.2 Å². The van der Waals surface area contributed by atoms with E-state index in [1.165, 1.54) is 0 Å². The number of fused-ring (bicyclic) bond motifs is 1. The zero-order chi connectivity index (χ0) is 26.0. The number of rotatable bonds is 9. The molecule has 12 heteroatoms. The first-order valence-electron chi connectivity index (χ1n) is 12.4. The van der Waals surface area contributed by atoms with E-state index in [1.54, 1.807) is 20.2 Å². The fourth-order valence-electron chi connectivity index (χ4n) is 4.44. The molecule has 5 rings (SSSR count). The van der Waals surface area contributed by atoms with Crippen LogP contribution in [0, 0.1) is 17.8 Å². The van der Waals surface area contributed by atoms with Crippen molar-refractivity contribution in [1.82, 2.24) is 35.5 Å². The third kappa shape index (κ3) is 5.13. The van der Waals surface area contributed by atoms with Gasteiger partial charge in [0.15, 0.2) is 5.65 Å². The quantitative estimate of drug-likeness (QED) is 0.364. The molecule has 0 aromatic carbocycles. The summed E-state index contributed by atoms with van der Waals surface area (Å²) in [5.41, 5.74) is 1.34. The number of carbonyl (C=O) groups excluding carboxylic acids is 1. The highest BCUT2D eigenvalue weighted by molar-refractivity contribution is 5.91. The van der Waals surface area contributed by atoms with Crippen molar-refractivity contribution >= 4 is 22.9 Å². The van der Waals surface area contributed by atoms with Crippen molar-refractivity contribution in [3.63, 3.8) is 0 Å². The van der Waals surface area contributed by atoms with Crippen LogP contribution in [0.2, 0.25) is 0 Å². The molecule has 2 fully saturated rings. The van der Waals surface area contributed by atoms with Crippen molar-refractivity contribution in [2.75, 3.05) is 38.3 Å². The van der Waals surface area contributed by atoms with Crippen LogP contribution in [0.15, 0.2) is 12.3 Å². The SMILES string of the molecule is C#CC1(COc2nc(C(=O)N[C@H](C)CO)nc(N3CCC(c4n[nH]c5nccc(OC)c45)CC3)n2)CC1. The monoisotopic (exact) mass is 506 g/mol. The average molecular weight is 507 g/mol. The van der Waals surface area contributed by atoms with E-state index < -0.39 is 11.9 Å². The van der Waals surface area contributed by atoms with Crippen LogP contribution in [0.4, 0.5) is 5.95 Å². The summed E-state index contributed by atoms with van der Waals surface area (Å²) < 4.78 is 11.4. The molecule has 37 heavy (non-hydrogen) atoms. The van der Waals surface area contributed by atoms with Crippen LogP contribution in [0.3, 0.4) is 0 Å². The standard InChI is InChI=1S/C25H30N8O4/c1-4-25(8-9-25)14-37-24-29-21(22(35)27-15(2)13-34)28-23(30-24)33-11-6-16(7-12-33)19-18-17(36-3)5-10-26-20(18)32-31-19/h1,5,10,15-16,34H,6-9,11-14H2,2-3H3,(H,27,35)(H,26,31,32)/t15-/m1/s1. The minimum absolute atomic E-state index is 0.0598. The van der Waals surface area contributed by atoms with Crippen LogP contribution < -0.4 is 19.7 Å². The minimum Gasteiger partial charge on any atom is -0.496 e. The molecule has 3 aromatic rings. The number of H-pyrrole nitrogens is 1. The van der Waals surface area contributed by atoms with Gasteiger partial charge in [-0.25, -0.2) is 4.98 Å². The van der Waals surface area contributed by atoms with Gasteiger partial charge in [0.1, 0.15) is 12.4 Å². The maximum atomic E-state index is 12.8. The summed E-state index contributed by atoms with van der Waals surface area (Å²) in [5.74, 6) is 3.50. The first-order valence-corrected chi connectivity index (χ1v) is 12.4. The van der Waals surface area contributed by atoms with E-state index in [2.05, 4.69) is 41.4 Å². The number of amides is 1. The first kappa shape index (κ1) is 24.7. The number of terminal acetylenes is 1. The molecular weight excluding hydrogens is 476 g/mol. The molecule has 1 atom stereocenters. The molecule has 1 aliphatic carbocycles. The number of aliphatic hydroxyl groups excluding tert-OH is 1. The topological polar surface area (TPSA) is 151 Å². The normalized spacial score (nSPS) is 17.7. The fourth-order valence-corrected chi connectivity index (χ4v) is 4.44. The number of aromatic amines is 1. The molecule has 2 aliphatic rings. The van der Waals surface area contributed by atoms with E-state index in [-0.39, 0.29) is 36.4 Å². The van der Waals surface area contributed by atoms with Gasteiger partial charge in [0.25, 0.3) is 5.91 Å². The summed E-state index contributed by atoms with van der Waals surface area (Å²) in [6.45, 7) is 3.06. The molecule has 3 aromatic heterocycles. The van der Waals surface area contributed by atoms with E-state index in [1.807, 2.05) is 11.0 Å². The fraction of sp³-hybridized carbons (Fsp3) is 0.520. The Labute approximate surface area is 214 Å². The van der Waals surface area contributed by atoms with Crippen molar-refractivity contribution in [2.24, 2.45) is 5.41 Å². The Bertz CT molecular complexity index is 1320. The average Bonchev–Trinajstić information content (AvgIpc) is 3.60. The number of aliphatic hydroxyl groups is 1.